The normalized spacial score (nSPS) is 24.3. The highest BCUT2D eigenvalue weighted by Gasteiger charge is 2.41. The average molecular weight is 409 g/mol. The van der Waals surface area contributed by atoms with Crippen LogP contribution in [0.2, 0.25) is 5.02 Å². The molecule has 1 N–H and O–H groups in total. The zero-order valence-electron chi connectivity index (χ0n) is 16.5. The highest BCUT2D eigenvalue weighted by molar-refractivity contribution is 6.30. The molecule has 6 nitrogen and oxygen atoms in total. The lowest BCUT2D eigenvalue weighted by Crippen LogP contribution is -2.56. The molecule has 0 aliphatic carbocycles. The van der Waals surface area contributed by atoms with Crippen molar-refractivity contribution in [1.29, 1.82) is 0 Å². The van der Waals surface area contributed by atoms with Crippen LogP contribution in [0.1, 0.15) is 44.2 Å². The number of nitrogens with zero attached hydrogens (tertiary/aromatic N) is 2. The van der Waals surface area contributed by atoms with Crippen molar-refractivity contribution in [3.05, 3.63) is 34.9 Å². The van der Waals surface area contributed by atoms with Gasteiger partial charge in [0.1, 0.15) is 0 Å². The molecule has 3 unspecified atom stereocenters. The topological polar surface area (TPSA) is 70.1 Å². The van der Waals surface area contributed by atoms with E-state index in [1.807, 2.05) is 29.2 Å². The molecule has 2 fully saturated rings. The fourth-order valence-electron chi connectivity index (χ4n) is 4.21. The smallest absolute Gasteiger partial charge is 0.304 e. The van der Waals surface area contributed by atoms with Gasteiger partial charge in [0, 0.05) is 23.5 Å². The van der Waals surface area contributed by atoms with Gasteiger partial charge in [0.25, 0.3) is 0 Å². The molecule has 154 valence electrons. The predicted molar refractivity (Wildman–Crippen MR) is 107 cm³/mol. The number of carboxylic acid groups (broad SMARTS) is 1. The number of halogens is 1. The molecule has 2 saturated heterocycles. The lowest BCUT2D eigenvalue weighted by molar-refractivity contribution is -0.152. The summed E-state index contributed by atoms with van der Waals surface area (Å²) in [4.78, 5) is 28.8. The van der Waals surface area contributed by atoms with Crippen LogP contribution in [-0.2, 0) is 14.3 Å². The molecule has 3 rings (SSSR count). The maximum absolute atomic E-state index is 13.3. The molecule has 3 atom stereocenters. The Morgan fingerprint density at radius 2 is 2.00 bits per heavy atom. The number of hydrogen-bond acceptors (Lipinski definition) is 4. The minimum absolute atomic E-state index is 0.0235. The largest absolute Gasteiger partial charge is 0.481 e. The first-order valence-corrected chi connectivity index (χ1v) is 10.4. The molecule has 2 aliphatic rings. The van der Waals surface area contributed by atoms with Crippen LogP contribution in [0, 0.1) is 5.92 Å². The summed E-state index contributed by atoms with van der Waals surface area (Å²) in [6, 6.07) is 8.00. The van der Waals surface area contributed by atoms with Crippen LogP contribution < -0.4 is 0 Å². The molecule has 2 heterocycles. The van der Waals surface area contributed by atoms with Crippen molar-refractivity contribution in [2.24, 2.45) is 5.92 Å². The molecule has 1 aromatic rings. The number of benzene rings is 1. The Morgan fingerprint density at radius 3 is 2.54 bits per heavy atom. The number of aliphatic carboxylic acids is 1. The number of hydrogen-bond donors (Lipinski definition) is 1. The lowest BCUT2D eigenvalue weighted by atomic mass is 9.85. The minimum atomic E-state index is -0.917. The van der Waals surface area contributed by atoms with E-state index in [0.29, 0.717) is 17.5 Å². The van der Waals surface area contributed by atoms with E-state index in [4.69, 9.17) is 16.3 Å². The predicted octanol–water partition coefficient (Wildman–Crippen LogP) is 3.20. The van der Waals surface area contributed by atoms with Crippen molar-refractivity contribution in [2.75, 3.05) is 26.8 Å². The van der Waals surface area contributed by atoms with Crippen molar-refractivity contribution in [3.8, 4) is 0 Å². The number of carbonyl (C=O) groups is 2. The molecule has 2 aliphatic heterocycles. The van der Waals surface area contributed by atoms with E-state index >= 15 is 0 Å². The molecule has 0 bridgehead atoms. The SMILES string of the molecule is CCC(CN(C)C1COC1)N1C(=O)C(CC(=O)O)CCC1c1ccc(Cl)cc1. The third kappa shape index (κ3) is 4.67. The van der Waals surface area contributed by atoms with Crippen LogP contribution in [0.5, 0.6) is 0 Å². The number of carbonyl (C=O) groups excluding carboxylic acids is 1. The van der Waals surface area contributed by atoms with E-state index in [2.05, 4.69) is 18.9 Å². The van der Waals surface area contributed by atoms with Gasteiger partial charge in [-0.25, -0.2) is 0 Å². The first-order valence-electron chi connectivity index (χ1n) is 9.98. The standard InChI is InChI=1S/C21H29ClN2O4/c1-3-17(11-23(2)18-12-28-13-18)24-19(14-4-7-16(22)8-5-14)9-6-15(21(24)27)10-20(25)26/h4-5,7-8,15,17-19H,3,6,9-13H2,1-2H3,(H,25,26). The number of ether oxygens (including phenoxy) is 1. The lowest BCUT2D eigenvalue weighted by Gasteiger charge is -2.46. The van der Waals surface area contributed by atoms with Crippen molar-refractivity contribution in [2.45, 2.75) is 50.7 Å². The third-order valence-corrected chi connectivity index (χ3v) is 6.26. The van der Waals surface area contributed by atoms with E-state index in [1.54, 1.807) is 0 Å². The van der Waals surface area contributed by atoms with E-state index in [1.165, 1.54) is 0 Å². The zero-order chi connectivity index (χ0) is 20.3. The molecule has 0 radical (unpaired) electrons. The van der Waals surface area contributed by atoms with Crippen LogP contribution >= 0.6 is 11.6 Å². The van der Waals surface area contributed by atoms with E-state index < -0.39 is 11.9 Å². The van der Waals surface area contributed by atoms with Gasteiger partial charge in [0.05, 0.1) is 31.7 Å². The Labute approximate surface area is 171 Å². The molecule has 28 heavy (non-hydrogen) atoms. The Kier molecular flexibility index (Phi) is 6.96. The summed E-state index contributed by atoms with van der Waals surface area (Å²) in [5, 5.41) is 9.89. The minimum Gasteiger partial charge on any atom is -0.481 e. The molecular weight excluding hydrogens is 380 g/mol. The summed E-state index contributed by atoms with van der Waals surface area (Å²) in [7, 11) is 2.07. The van der Waals surface area contributed by atoms with Gasteiger partial charge in [-0.05, 0) is 44.0 Å². The fraction of sp³-hybridized carbons (Fsp3) is 0.619. The Morgan fingerprint density at radius 1 is 1.32 bits per heavy atom. The van der Waals surface area contributed by atoms with Crippen molar-refractivity contribution < 1.29 is 19.4 Å². The molecule has 0 aromatic heterocycles. The summed E-state index contributed by atoms with van der Waals surface area (Å²) >= 11 is 6.05. The van der Waals surface area contributed by atoms with Gasteiger partial charge < -0.3 is 14.7 Å². The third-order valence-electron chi connectivity index (χ3n) is 6.01. The molecule has 1 aromatic carbocycles. The second-order valence-electron chi connectivity index (χ2n) is 7.88. The van der Waals surface area contributed by atoms with Crippen LogP contribution in [0.4, 0.5) is 0 Å². The maximum atomic E-state index is 13.3. The first-order chi connectivity index (χ1) is 13.4. The monoisotopic (exact) mass is 408 g/mol. The number of likely N-dealkylation sites (N-methyl/N-ethyl adjacent to an activating group) is 1. The Bertz CT molecular complexity index is 692. The fourth-order valence-corrected chi connectivity index (χ4v) is 4.33. The van der Waals surface area contributed by atoms with Gasteiger partial charge in [-0.3, -0.25) is 14.5 Å². The van der Waals surface area contributed by atoms with Gasteiger partial charge in [-0.2, -0.15) is 0 Å². The number of carboxylic acids is 1. The summed E-state index contributed by atoms with van der Waals surface area (Å²) in [6.07, 6.45) is 2.06. The highest BCUT2D eigenvalue weighted by atomic mass is 35.5. The van der Waals surface area contributed by atoms with Gasteiger partial charge >= 0.3 is 5.97 Å². The van der Waals surface area contributed by atoms with Gasteiger partial charge in [-0.1, -0.05) is 30.7 Å². The molecule has 0 spiro atoms. The van der Waals surface area contributed by atoms with Crippen LogP contribution in [-0.4, -0.2) is 65.7 Å². The van der Waals surface area contributed by atoms with Gasteiger partial charge in [0.15, 0.2) is 0 Å². The van der Waals surface area contributed by atoms with E-state index in [0.717, 1.165) is 38.2 Å². The van der Waals surface area contributed by atoms with Crippen molar-refractivity contribution >= 4 is 23.5 Å². The van der Waals surface area contributed by atoms with Crippen molar-refractivity contribution in [1.82, 2.24) is 9.80 Å². The maximum Gasteiger partial charge on any atom is 0.304 e. The summed E-state index contributed by atoms with van der Waals surface area (Å²) in [6.45, 7) is 4.29. The van der Waals surface area contributed by atoms with Gasteiger partial charge in [-0.15, -0.1) is 0 Å². The van der Waals surface area contributed by atoms with Crippen LogP contribution in [0.3, 0.4) is 0 Å². The summed E-state index contributed by atoms with van der Waals surface area (Å²) in [5.74, 6) is -1.41. The quantitative estimate of drug-likeness (QED) is 0.715. The zero-order valence-corrected chi connectivity index (χ0v) is 17.3. The molecule has 1 amide bonds. The first kappa shape index (κ1) is 21.1. The second-order valence-corrected chi connectivity index (χ2v) is 8.31. The highest BCUT2D eigenvalue weighted by Crippen LogP contribution is 2.38. The molecule has 0 saturated carbocycles. The average Bonchev–Trinajstić information content (AvgIpc) is 2.60. The van der Waals surface area contributed by atoms with Crippen LogP contribution in [0.15, 0.2) is 24.3 Å². The van der Waals surface area contributed by atoms with Gasteiger partial charge in [0.2, 0.25) is 5.91 Å². The second kappa shape index (κ2) is 9.25. The number of rotatable bonds is 8. The number of likely N-dealkylation sites (tertiary alicyclic amines) is 1. The summed E-state index contributed by atoms with van der Waals surface area (Å²) < 4.78 is 5.30. The molecular formula is C21H29ClN2O4. The number of piperidine rings is 1. The van der Waals surface area contributed by atoms with Crippen LogP contribution in [0.25, 0.3) is 0 Å². The molecule has 7 heteroatoms. The summed E-state index contributed by atoms with van der Waals surface area (Å²) in [5.41, 5.74) is 1.06. The van der Waals surface area contributed by atoms with Crippen molar-refractivity contribution in [3.63, 3.8) is 0 Å². The van der Waals surface area contributed by atoms with E-state index in [9.17, 15) is 14.7 Å². The van der Waals surface area contributed by atoms with E-state index in [-0.39, 0.29) is 24.4 Å². The Hall–Kier alpha value is -1.63. The number of amides is 1. The Balaban J connectivity index is 1.85.